The molecule has 2 heterocycles. The number of rotatable bonds is 8. The molecule has 32 heavy (non-hydrogen) atoms. The Hall–Kier alpha value is -4.40. The maximum absolute atomic E-state index is 12.9. The van der Waals surface area contributed by atoms with Crippen molar-refractivity contribution in [2.24, 2.45) is 0 Å². The van der Waals surface area contributed by atoms with Gasteiger partial charge < -0.3 is 14.4 Å². The Morgan fingerprint density at radius 3 is 2.59 bits per heavy atom. The largest absolute Gasteiger partial charge is 0.483 e. The van der Waals surface area contributed by atoms with Crippen LogP contribution in [0, 0.1) is 31.6 Å². The lowest BCUT2D eigenvalue weighted by atomic mass is 9.97. The second-order valence-corrected chi connectivity index (χ2v) is 7.39. The van der Waals surface area contributed by atoms with E-state index < -0.39 is 34.0 Å². The monoisotopic (exact) mass is 442 g/mol. The lowest BCUT2D eigenvalue weighted by Gasteiger charge is -2.31. The van der Waals surface area contributed by atoms with E-state index in [2.05, 4.69) is 9.68 Å². The standard InChI is InChI=1S/C20H18N4O8/c1-20(2)11-16(15-9-13(12-21)3-4-18(15)31-20)22-7-5-14(10-19(22)25)17(32-24(28)29)6-8-30-23(26)27/h3-5,7,9-11,17H,6,8H2,1-2H3. The summed E-state index contributed by atoms with van der Waals surface area (Å²) in [4.78, 5) is 42.9. The van der Waals surface area contributed by atoms with Gasteiger partial charge in [0.15, 0.2) is 0 Å². The number of benzene rings is 1. The van der Waals surface area contributed by atoms with E-state index in [0.717, 1.165) is 6.07 Å². The highest BCUT2D eigenvalue weighted by Crippen LogP contribution is 2.37. The number of nitrogens with zero attached hydrogens (tertiary/aromatic N) is 4. The van der Waals surface area contributed by atoms with Crippen LogP contribution in [0.1, 0.15) is 43.1 Å². The van der Waals surface area contributed by atoms with Gasteiger partial charge in [0.05, 0.1) is 23.9 Å². The third-order valence-electron chi connectivity index (χ3n) is 4.61. The van der Waals surface area contributed by atoms with Crippen molar-refractivity contribution in [3.05, 3.63) is 89.9 Å². The van der Waals surface area contributed by atoms with Crippen molar-refractivity contribution < 1.29 is 24.6 Å². The summed E-state index contributed by atoms with van der Waals surface area (Å²) in [5.41, 5.74) is 0.294. The van der Waals surface area contributed by atoms with Gasteiger partial charge in [-0.1, -0.05) is 0 Å². The van der Waals surface area contributed by atoms with Crippen molar-refractivity contribution in [2.75, 3.05) is 6.61 Å². The first kappa shape index (κ1) is 22.3. The van der Waals surface area contributed by atoms with Gasteiger partial charge in [-0.15, -0.1) is 20.2 Å². The van der Waals surface area contributed by atoms with Crippen molar-refractivity contribution in [2.45, 2.75) is 32.0 Å². The zero-order valence-corrected chi connectivity index (χ0v) is 17.1. The molecule has 12 nitrogen and oxygen atoms in total. The minimum atomic E-state index is -1.23. The predicted octanol–water partition coefficient (Wildman–Crippen LogP) is 2.63. The highest BCUT2D eigenvalue weighted by atomic mass is 17.0. The summed E-state index contributed by atoms with van der Waals surface area (Å²) >= 11 is 0. The van der Waals surface area contributed by atoms with Gasteiger partial charge in [-0.2, -0.15) is 5.26 Å². The van der Waals surface area contributed by atoms with Crippen LogP contribution in [0.4, 0.5) is 0 Å². The average Bonchev–Trinajstić information content (AvgIpc) is 2.71. The second-order valence-electron chi connectivity index (χ2n) is 7.39. The second kappa shape index (κ2) is 8.76. The summed E-state index contributed by atoms with van der Waals surface area (Å²) in [7, 11) is 0. The first-order valence-electron chi connectivity index (χ1n) is 9.37. The van der Waals surface area contributed by atoms with Crippen LogP contribution in [-0.4, -0.2) is 26.9 Å². The summed E-state index contributed by atoms with van der Waals surface area (Å²) in [6.45, 7) is 3.17. The summed E-state index contributed by atoms with van der Waals surface area (Å²) in [5, 5.41) is 28.3. The zero-order chi connectivity index (χ0) is 23.5. The molecule has 1 aliphatic rings. The van der Waals surface area contributed by atoms with Crippen LogP contribution in [0.25, 0.3) is 5.70 Å². The summed E-state index contributed by atoms with van der Waals surface area (Å²) in [5.74, 6) is 0.494. The van der Waals surface area contributed by atoms with E-state index in [1.807, 2.05) is 19.9 Å². The van der Waals surface area contributed by atoms with Crippen LogP contribution in [0.5, 0.6) is 5.75 Å². The SMILES string of the molecule is CC1(C)C=C(n2ccc(C(CCO[N+](=O)[O-])O[N+](=O)[O-])cc2=O)c2cc(C#N)ccc2O1. The Balaban J connectivity index is 2.00. The van der Waals surface area contributed by atoms with E-state index in [4.69, 9.17) is 4.74 Å². The van der Waals surface area contributed by atoms with E-state index in [1.165, 1.54) is 16.8 Å². The maximum Gasteiger partial charge on any atom is 0.295 e. The molecule has 166 valence electrons. The molecule has 0 amide bonds. The molecule has 1 aliphatic heterocycles. The van der Waals surface area contributed by atoms with Crippen LogP contribution in [0.2, 0.25) is 0 Å². The van der Waals surface area contributed by atoms with E-state index in [0.29, 0.717) is 22.6 Å². The topological polar surface area (TPSA) is 160 Å². The molecule has 0 saturated carbocycles. The highest BCUT2D eigenvalue weighted by Gasteiger charge is 2.28. The van der Waals surface area contributed by atoms with Gasteiger partial charge in [0.25, 0.3) is 15.7 Å². The molecule has 1 aromatic heterocycles. The van der Waals surface area contributed by atoms with Crippen molar-refractivity contribution in [1.29, 1.82) is 5.26 Å². The minimum Gasteiger partial charge on any atom is -0.483 e. The summed E-state index contributed by atoms with van der Waals surface area (Å²) < 4.78 is 7.24. The molecule has 1 unspecified atom stereocenters. The molecule has 0 bridgehead atoms. The van der Waals surface area contributed by atoms with Crippen molar-refractivity contribution in [3.63, 3.8) is 0 Å². The van der Waals surface area contributed by atoms with Crippen molar-refractivity contribution in [1.82, 2.24) is 4.57 Å². The average molecular weight is 442 g/mol. The Morgan fingerprint density at radius 1 is 1.22 bits per heavy atom. The molecule has 0 N–H and O–H groups in total. The van der Waals surface area contributed by atoms with Crippen LogP contribution in [0.3, 0.4) is 0 Å². The van der Waals surface area contributed by atoms with Gasteiger partial charge in [0.2, 0.25) is 0 Å². The number of pyridine rings is 1. The fourth-order valence-corrected chi connectivity index (χ4v) is 3.32. The molecule has 1 atom stereocenters. The third kappa shape index (κ3) is 5.01. The van der Waals surface area contributed by atoms with Crippen LogP contribution >= 0.6 is 0 Å². The van der Waals surface area contributed by atoms with Gasteiger partial charge in [-0.25, -0.2) is 0 Å². The van der Waals surface area contributed by atoms with E-state index in [-0.39, 0.29) is 12.0 Å². The number of ether oxygens (including phenoxy) is 1. The molecule has 0 aliphatic carbocycles. The predicted molar refractivity (Wildman–Crippen MR) is 108 cm³/mol. The number of aromatic nitrogens is 1. The molecular formula is C20H18N4O8. The minimum absolute atomic E-state index is 0.160. The fourth-order valence-electron chi connectivity index (χ4n) is 3.32. The van der Waals surface area contributed by atoms with Gasteiger partial charge in [-0.3, -0.25) is 9.36 Å². The molecule has 0 spiro atoms. The van der Waals surface area contributed by atoms with E-state index in [9.17, 15) is 30.3 Å². The number of fused-ring (bicyclic) bond motifs is 1. The normalized spacial score (nSPS) is 14.7. The van der Waals surface area contributed by atoms with E-state index in [1.54, 1.807) is 24.3 Å². The first-order valence-corrected chi connectivity index (χ1v) is 9.37. The van der Waals surface area contributed by atoms with Crippen molar-refractivity contribution >= 4 is 5.70 Å². The van der Waals surface area contributed by atoms with Gasteiger partial charge in [0.1, 0.15) is 17.5 Å². The molecule has 0 radical (unpaired) electrons. The van der Waals surface area contributed by atoms with Gasteiger partial charge in [0, 0.05) is 24.2 Å². The fraction of sp³-hybridized carbons (Fsp3) is 0.300. The Bertz CT molecular complexity index is 1190. The molecule has 1 aromatic carbocycles. The molecule has 3 rings (SSSR count). The molecule has 0 saturated heterocycles. The Labute approximate surface area is 181 Å². The van der Waals surface area contributed by atoms with Crippen molar-refractivity contribution in [3.8, 4) is 11.8 Å². The van der Waals surface area contributed by atoms with Crippen LogP contribution in [-0.2, 0) is 9.68 Å². The van der Waals surface area contributed by atoms with Crippen LogP contribution < -0.4 is 10.3 Å². The Kier molecular flexibility index (Phi) is 6.10. The lowest BCUT2D eigenvalue weighted by molar-refractivity contribution is -0.776. The highest BCUT2D eigenvalue weighted by molar-refractivity contribution is 5.74. The van der Waals surface area contributed by atoms with Crippen LogP contribution in [0.15, 0.2) is 47.4 Å². The molecular weight excluding hydrogens is 424 g/mol. The number of hydrogen-bond acceptors (Lipinski definition) is 9. The molecule has 0 fully saturated rings. The summed E-state index contributed by atoms with van der Waals surface area (Å²) in [6, 6.07) is 9.50. The maximum atomic E-state index is 12.9. The van der Waals surface area contributed by atoms with Gasteiger partial charge >= 0.3 is 0 Å². The zero-order valence-electron chi connectivity index (χ0n) is 17.1. The molecule has 12 heteroatoms. The third-order valence-corrected chi connectivity index (χ3v) is 4.61. The lowest BCUT2D eigenvalue weighted by Crippen LogP contribution is -2.32. The first-order chi connectivity index (χ1) is 15.1. The molecule has 2 aromatic rings. The quantitative estimate of drug-likeness (QED) is 0.442. The summed E-state index contributed by atoms with van der Waals surface area (Å²) in [6.07, 6.45) is 1.69. The number of hydrogen-bond donors (Lipinski definition) is 0. The Morgan fingerprint density at radius 2 is 1.97 bits per heavy atom. The van der Waals surface area contributed by atoms with E-state index >= 15 is 0 Å². The van der Waals surface area contributed by atoms with Gasteiger partial charge in [-0.05, 0) is 49.8 Å². The smallest absolute Gasteiger partial charge is 0.295 e. The number of nitriles is 1.